The zero-order chi connectivity index (χ0) is 12.1. The molecule has 2 N–H and O–H groups in total. The number of nitrogens with zero attached hydrogens (tertiary/aromatic N) is 1. The van der Waals surface area contributed by atoms with Crippen molar-refractivity contribution in [2.45, 2.75) is 25.7 Å². The van der Waals surface area contributed by atoms with Gasteiger partial charge in [0.25, 0.3) is 0 Å². The highest BCUT2D eigenvalue weighted by Gasteiger charge is 2.20. The van der Waals surface area contributed by atoms with Crippen LogP contribution < -0.4 is 10.6 Å². The van der Waals surface area contributed by atoms with E-state index < -0.39 is 0 Å². The van der Waals surface area contributed by atoms with E-state index in [4.69, 9.17) is 0 Å². The molecular formula is C12H20ClN3OS. The molecule has 0 saturated heterocycles. The van der Waals surface area contributed by atoms with Crippen LogP contribution in [0.1, 0.15) is 30.7 Å². The number of rotatable bonds is 7. The van der Waals surface area contributed by atoms with Crippen LogP contribution in [0.25, 0.3) is 0 Å². The van der Waals surface area contributed by atoms with Gasteiger partial charge in [0.1, 0.15) is 0 Å². The van der Waals surface area contributed by atoms with Gasteiger partial charge in [-0.2, -0.15) is 0 Å². The average Bonchev–Trinajstić information content (AvgIpc) is 2.97. The molecular weight excluding hydrogens is 270 g/mol. The first-order valence-corrected chi connectivity index (χ1v) is 7.00. The van der Waals surface area contributed by atoms with Gasteiger partial charge >= 0.3 is 0 Å². The summed E-state index contributed by atoms with van der Waals surface area (Å²) in [6.07, 6.45) is 4.43. The number of carbonyl (C=O) groups excluding carboxylic acids is 1. The Hall–Kier alpha value is -0.650. The number of halogens is 1. The number of nitrogens with one attached hydrogen (secondary N) is 2. The molecule has 0 aromatic carbocycles. The molecule has 1 aliphatic carbocycles. The second-order valence-electron chi connectivity index (χ2n) is 4.65. The van der Waals surface area contributed by atoms with Crippen molar-refractivity contribution in [2.75, 3.05) is 19.6 Å². The van der Waals surface area contributed by atoms with Crippen LogP contribution in [0, 0.1) is 5.92 Å². The van der Waals surface area contributed by atoms with Gasteiger partial charge in [0.05, 0.1) is 11.6 Å². The van der Waals surface area contributed by atoms with E-state index in [1.165, 1.54) is 12.8 Å². The van der Waals surface area contributed by atoms with Gasteiger partial charge in [0, 0.05) is 24.0 Å². The fourth-order valence-electron chi connectivity index (χ4n) is 1.61. The Labute approximate surface area is 118 Å². The molecule has 0 bridgehead atoms. The van der Waals surface area contributed by atoms with E-state index in [0.717, 1.165) is 17.5 Å². The van der Waals surface area contributed by atoms with Gasteiger partial charge in [-0.3, -0.25) is 4.79 Å². The van der Waals surface area contributed by atoms with E-state index in [1.54, 1.807) is 17.5 Å². The van der Waals surface area contributed by atoms with Crippen LogP contribution in [-0.2, 0) is 4.79 Å². The van der Waals surface area contributed by atoms with E-state index in [2.05, 4.69) is 22.5 Å². The maximum Gasteiger partial charge on any atom is 0.233 e. The monoisotopic (exact) mass is 289 g/mol. The predicted octanol–water partition coefficient (Wildman–Crippen LogP) is 1.78. The normalized spacial score (nSPS) is 15.8. The zero-order valence-corrected chi connectivity index (χ0v) is 12.1. The Morgan fingerprint density at radius 1 is 1.61 bits per heavy atom. The smallest absolute Gasteiger partial charge is 0.233 e. The maximum absolute atomic E-state index is 11.5. The van der Waals surface area contributed by atoms with E-state index in [1.807, 2.05) is 5.38 Å². The largest absolute Gasteiger partial charge is 0.354 e. The summed E-state index contributed by atoms with van der Waals surface area (Å²) in [6.45, 7) is 4.16. The Kier molecular flexibility index (Phi) is 6.60. The molecule has 102 valence electrons. The molecule has 1 unspecified atom stereocenters. The first kappa shape index (κ1) is 15.4. The molecule has 1 amide bonds. The lowest BCUT2D eigenvalue weighted by atomic mass is 10.2. The molecule has 1 aromatic heterocycles. The van der Waals surface area contributed by atoms with Gasteiger partial charge in [-0.1, -0.05) is 6.92 Å². The van der Waals surface area contributed by atoms with Gasteiger partial charge in [-0.25, -0.2) is 4.98 Å². The minimum absolute atomic E-state index is 0. The standard InChI is InChI=1S/C12H19N3OS.ClH/c1-9(12-14-4-5-17-12)6-15-11(16)8-13-7-10-2-3-10;/h4-5,9-10,13H,2-3,6-8H2,1H3,(H,15,16);1H. The number of hydrogen-bond acceptors (Lipinski definition) is 4. The molecule has 0 spiro atoms. The summed E-state index contributed by atoms with van der Waals surface area (Å²) in [5, 5.41) is 9.15. The summed E-state index contributed by atoms with van der Waals surface area (Å²) in [7, 11) is 0. The Morgan fingerprint density at radius 2 is 2.39 bits per heavy atom. The van der Waals surface area contributed by atoms with Gasteiger partial charge in [-0.15, -0.1) is 23.7 Å². The van der Waals surface area contributed by atoms with Gasteiger partial charge < -0.3 is 10.6 Å². The van der Waals surface area contributed by atoms with Crippen LogP contribution in [0.5, 0.6) is 0 Å². The fourth-order valence-corrected chi connectivity index (χ4v) is 2.30. The number of amides is 1. The number of thiazole rings is 1. The SMILES string of the molecule is CC(CNC(=O)CNCC1CC1)c1nccs1.Cl. The maximum atomic E-state index is 11.5. The molecule has 2 rings (SSSR count). The summed E-state index contributed by atoms with van der Waals surface area (Å²) < 4.78 is 0. The van der Waals surface area contributed by atoms with Gasteiger partial charge in [0.2, 0.25) is 5.91 Å². The number of aromatic nitrogens is 1. The van der Waals surface area contributed by atoms with E-state index in [9.17, 15) is 4.79 Å². The zero-order valence-electron chi connectivity index (χ0n) is 10.5. The van der Waals surface area contributed by atoms with Gasteiger partial charge in [0.15, 0.2) is 0 Å². The first-order valence-electron chi connectivity index (χ1n) is 6.12. The van der Waals surface area contributed by atoms with Crippen molar-refractivity contribution in [3.05, 3.63) is 16.6 Å². The molecule has 0 aliphatic heterocycles. The summed E-state index contributed by atoms with van der Waals surface area (Å²) in [6, 6.07) is 0. The van der Waals surface area contributed by atoms with Crippen molar-refractivity contribution >= 4 is 29.7 Å². The molecule has 1 aromatic rings. The van der Waals surface area contributed by atoms with Crippen LogP contribution in [0.2, 0.25) is 0 Å². The van der Waals surface area contributed by atoms with Crippen LogP contribution in [0.15, 0.2) is 11.6 Å². The van der Waals surface area contributed by atoms with Crippen molar-refractivity contribution < 1.29 is 4.79 Å². The summed E-state index contributed by atoms with van der Waals surface area (Å²) in [5.74, 6) is 1.19. The molecule has 1 atom stereocenters. The van der Waals surface area contributed by atoms with Crippen molar-refractivity contribution in [3.63, 3.8) is 0 Å². The molecule has 1 aliphatic rings. The Balaban J connectivity index is 0.00000162. The third kappa shape index (κ3) is 5.33. The van der Waals surface area contributed by atoms with E-state index >= 15 is 0 Å². The van der Waals surface area contributed by atoms with Crippen molar-refractivity contribution in [2.24, 2.45) is 5.92 Å². The number of hydrogen-bond donors (Lipinski definition) is 2. The molecule has 18 heavy (non-hydrogen) atoms. The Morgan fingerprint density at radius 3 is 3.00 bits per heavy atom. The van der Waals surface area contributed by atoms with E-state index in [-0.39, 0.29) is 18.3 Å². The van der Waals surface area contributed by atoms with Crippen LogP contribution >= 0.6 is 23.7 Å². The van der Waals surface area contributed by atoms with E-state index in [0.29, 0.717) is 19.0 Å². The summed E-state index contributed by atoms with van der Waals surface area (Å²) in [5.41, 5.74) is 0. The minimum Gasteiger partial charge on any atom is -0.354 e. The van der Waals surface area contributed by atoms with Crippen molar-refractivity contribution in [1.29, 1.82) is 0 Å². The lowest BCUT2D eigenvalue weighted by Crippen LogP contribution is -2.36. The fraction of sp³-hybridized carbons (Fsp3) is 0.667. The molecule has 1 fully saturated rings. The summed E-state index contributed by atoms with van der Waals surface area (Å²) in [4.78, 5) is 15.8. The van der Waals surface area contributed by atoms with Gasteiger partial charge in [-0.05, 0) is 25.3 Å². The minimum atomic E-state index is 0. The molecule has 1 heterocycles. The van der Waals surface area contributed by atoms with Crippen LogP contribution in [0.3, 0.4) is 0 Å². The van der Waals surface area contributed by atoms with Crippen LogP contribution in [0.4, 0.5) is 0 Å². The highest BCUT2D eigenvalue weighted by Crippen LogP contribution is 2.27. The second-order valence-corrected chi connectivity index (χ2v) is 5.58. The lowest BCUT2D eigenvalue weighted by Gasteiger charge is -2.10. The highest BCUT2D eigenvalue weighted by atomic mass is 35.5. The topological polar surface area (TPSA) is 54.0 Å². The third-order valence-electron chi connectivity index (χ3n) is 2.89. The molecule has 1 saturated carbocycles. The third-order valence-corrected chi connectivity index (χ3v) is 3.90. The number of carbonyl (C=O) groups is 1. The quantitative estimate of drug-likeness (QED) is 0.805. The molecule has 0 radical (unpaired) electrons. The lowest BCUT2D eigenvalue weighted by molar-refractivity contribution is -0.120. The molecule has 4 nitrogen and oxygen atoms in total. The highest BCUT2D eigenvalue weighted by molar-refractivity contribution is 7.09. The average molecular weight is 290 g/mol. The van der Waals surface area contributed by atoms with Crippen LogP contribution in [-0.4, -0.2) is 30.5 Å². The Bertz CT molecular complexity index is 354. The first-order chi connectivity index (χ1) is 8.25. The summed E-state index contributed by atoms with van der Waals surface area (Å²) >= 11 is 1.63. The van der Waals surface area contributed by atoms with Crippen molar-refractivity contribution in [1.82, 2.24) is 15.6 Å². The predicted molar refractivity (Wildman–Crippen MR) is 76.4 cm³/mol. The second kappa shape index (κ2) is 7.71. The molecule has 6 heteroatoms. The van der Waals surface area contributed by atoms with Crippen molar-refractivity contribution in [3.8, 4) is 0 Å².